The Morgan fingerprint density at radius 2 is 1.39 bits per heavy atom. The number of nitrogens with zero attached hydrogens (tertiary/aromatic N) is 1. The van der Waals surface area contributed by atoms with Gasteiger partial charge in [0.1, 0.15) is 0 Å². The van der Waals surface area contributed by atoms with Crippen molar-refractivity contribution in [1.82, 2.24) is 4.90 Å². The van der Waals surface area contributed by atoms with E-state index < -0.39 is 0 Å². The van der Waals surface area contributed by atoms with E-state index in [2.05, 4.69) is 88.3 Å². The van der Waals surface area contributed by atoms with Crippen molar-refractivity contribution in [3.63, 3.8) is 0 Å². The van der Waals surface area contributed by atoms with E-state index in [1.807, 2.05) is 38.2 Å². The molecule has 1 aromatic carbocycles. The topological polar surface area (TPSA) is 3.24 Å². The molecule has 2 saturated carbocycles. The van der Waals surface area contributed by atoms with E-state index in [-0.39, 0.29) is 23.1 Å². The van der Waals surface area contributed by atoms with Crippen LogP contribution in [0.15, 0.2) is 28.7 Å². The van der Waals surface area contributed by atoms with Crippen LogP contribution in [0.4, 0.5) is 0 Å². The minimum Gasteiger partial charge on any atom is -0.302 e. The second kappa shape index (κ2) is 11.3. The molecule has 0 unspecified atom stereocenters. The van der Waals surface area contributed by atoms with Crippen molar-refractivity contribution >= 4 is 31.9 Å². The van der Waals surface area contributed by atoms with E-state index in [1.165, 1.54) is 11.5 Å². The monoisotopic (exact) mass is 475 g/mol. The van der Waals surface area contributed by atoms with Gasteiger partial charge in [0.25, 0.3) is 0 Å². The van der Waals surface area contributed by atoms with Gasteiger partial charge in [-0.1, -0.05) is 50.1 Å². The average molecular weight is 477 g/mol. The first-order chi connectivity index (χ1) is 10.6. The maximum absolute atomic E-state index is 3.63. The molecule has 2 aliphatic rings. The largest absolute Gasteiger partial charge is 2.00 e. The molecule has 0 saturated heterocycles. The van der Waals surface area contributed by atoms with Gasteiger partial charge in [-0.05, 0) is 77.1 Å². The fourth-order valence-corrected chi connectivity index (χ4v) is 3.38. The van der Waals surface area contributed by atoms with Gasteiger partial charge in [-0.2, -0.15) is 0 Å². The Kier molecular flexibility index (Phi) is 10.7. The molecule has 0 aromatic heterocycles. The zero-order valence-corrected chi connectivity index (χ0v) is 17.3. The number of benzene rings is 1. The van der Waals surface area contributed by atoms with Gasteiger partial charge >= 0.3 is 17.1 Å². The minimum absolute atomic E-state index is 0. The smallest absolute Gasteiger partial charge is 0.302 e. The van der Waals surface area contributed by atoms with Crippen LogP contribution < -0.4 is 0 Å². The van der Waals surface area contributed by atoms with Crippen molar-refractivity contribution < 1.29 is 17.1 Å². The second-order valence-electron chi connectivity index (χ2n) is 5.18. The van der Waals surface area contributed by atoms with Crippen LogP contribution in [-0.4, -0.2) is 19.0 Å². The molecule has 0 heterocycles. The summed E-state index contributed by atoms with van der Waals surface area (Å²) in [6.07, 6.45) is 16.3. The summed E-state index contributed by atoms with van der Waals surface area (Å²) in [6, 6.07) is 8.62. The van der Waals surface area contributed by atoms with Gasteiger partial charge < -0.3 is 4.90 Å². The fraction of sp³-hybridized carbons (Fsp3) is 0.158. The van der Waals surface area contributed by atoms with Crippen molar-refractivity contribution in [3.05, 3.63) is 96.4 Å². The molecule has 2 fully saturated rings. The van der Waals surface area contributed by atoms with Crippen LogP contribution in [0.25, 0.3) is 0 Å². The maximum Gasteiger partial charge on any atom is 2.00 e. The Labute approximate surface area is 169 Å². The van der Waals surface area contributed by atoms with Gasteiger partial charge in [0.2, 0.25) is 0 Å². The van der Waals surface area contributed by atoms with Crippen molar-refractivity contribution in [2.75, 3.05) is 14.1 Å². The average Bonchev–Trinajstić information content (AvgIpc) is 3.17. The molecule has 1 atom stereocenters. The van der Waals surface area contributed by atoms with E-state index in [0.29, 0.717) is 0 Å². The number of rotatable bonds is 3. The quantitative estimate of drug-likeness (QED) is 0.542. The molecule has 1 nitrogen and oxygen atoms in total. The summed E-state index contributed by atoms with van der Waals surface area (Å²) >= 11 is 7.25. The molecule has 0 N–H and O–H groups in total. The Hall–Kier alpha value is 0.659. The van der Waals surface area contributed by atoms with Crippen LogP contribution in [-0.2, 0) is 17.1 Å². The van der Waals surface area contributed by atoms with Crippen molar-refractivity contribution in [3.8, 4) is 0 Å². The number of hydrogen-bond donors (Lipinski definition) is 0. The van der Waals surface area contributed by atoms with Gasteiger partial charge in [0.05, 0.1) is 4.83 Å². The molecule has 2 aliphatic carbocycles. The molecule has 3 rings (SSSR count). The summed E-state index contributed by atoms with van der Waals surface area (Å²) in [4.78, 5) is 3.38. The van der Waals surface area contributed by atoms with Gasteiger partial charge in [-0.25, -0.2) is 0 Å². The van der Waals surface area contributed by atoms with Crippen LogP contribution in [0, 0.1) is 62.1 Å². The minimum atomic E-state index is 0. The van der Waals surface area contributed by atoms with Gasteiger partial charge in [0.15, 0.2) is 0 Å². The van der Waals surface area contributed by atoms with E-state index in [9.17, 15) is 0 Å². The molecule has 0 bridgehead atoms. The first kappa shape index (κ1) is 21.7. The van der Waals surface area contributed by atoms with Crippen LogP contribution in [0.1, 0.15) is 11.6 Å². The van der Waals surface area contributed by atoms with E-state index in [0.717, 1.165) is 9.30 Å². The standard InChI is InChI=1S/C14H14Br2N.C5H5.Fe/c1-17(2)14(11-7-5-9-13(11)16)10-6-3-4-8-12(10)15;1-2-4-5-3-1;/h3-9,14H,1-2H3;1-5H;/q;;+2/t14-;;/m1../s1. The summed E-state index contributed by atoms with van der Waals surface area (Å²) in [7, 11) is 4.20. The van der Waals surface area contributed by atoms with Crippen molar-refractivity contribution in [2.45, 2.75) is 6.04 Å². The molecule has 0 spiro atoms. The third-order valence-electron chi connectivity index (χ3n) is 3.36. The van der Waals surface area contributed by atoms with Crippen LogP contribution >= 0.6 is 31.9 Å². The predicted octanol–water partition coefficient (Wildman–Crippen LogP) is 5.20. The van der Waals surface area contributed by atoms with Crippen LogP contribution in [0.3, 0.4) is 0 Å². The number of hydrogen-bond acceptors (Lipinski definition) is 1. The molecule has 0 aliphatic heterocycles. The molecule has 10 radical (unpaired) electrons. The van der Waals surface area contributed by atoms with Gasteiger partial charge in [-0.15, -0.1) is 0 Å². The Morgan fingerprint density at radius 1 is 0.826 bits per heavy atom. The first-order valence-electron chi connectivity index (χ1n) is 7.10. The molecule has 4 heteroatoms. The molecule has 1 aromatic rings. The Bertz CT molecular complexity index is 441. The van der Waals surface area contributed by atoms with E-state index >= 15 is 0 Å². The maximum atomic E-state index is 3.63. The fourth-order valence-electron chi connectivity index (χ4n) is 2.38. The molecular formula is C19H19Br2FeN+2. The number of halogens is 2. The predicted molar refractivity (Wildman–Crippen MR) is 100 cm³/mol. The normalized spacial score (nSPS) is 20.0. The summed E-state index contributed by atoms with van der Waals surface area (Å²) < 4.78 is 1.15. The second-order valence-corrected chi connectivity index (χ2v) is 6.89. The molecular weight excluding hydrogens is 458 g/mol. The van der Waals surface area contributed by atoms with E-state index in [4.69, 9.17) is 0 Å². The third kappa shape index (κ3) is 6.47. The van der Waals surface area contributed by atoms with Gasteiger partial charge in [0, 0.05) is 16.4 Å². The van der Waals surface area contributed by atoms with Gasteiger partial charge in [-0.3, -0.25) is 0 Å². The molecule has 0 amide bonds. The van der Waals surface area contributed by atoms with Crippen LogP contribution in [0.2, 0.25) is 0 Å². The summed E-state index contributed by atoms with van der Waals surface area (Å²) in [5, 5.41) is 0. The zero-order chi connectivity index (χ0) is 15.9. The Morgan fingerprint density at radius 3 is 1.83 bits per heavy atom. The summed E-state index contributed by atoms with van der Waals surface area (Å²) in [5.74, 6) is 1.29. The summed E-state index contributed by atoms with van der Waals surface area (Å²) in [5.41, 5.74) is 1.28. The van der Waals surface area contributed by atoms with E-state index in [1.54, 1.807) is 0 Å². The third-order valence-corrected chi connectivity index (χ3v) is 4.80. The Balaban J connectivity index is 0.000000377. The summed E-state index contributed by atoms with van der Waals surface area (Å²) in [6.45, 7) is 0. The zero-order valence-electron chi connectivity index (χ0n) is 13.1. The molecule has 120 valence electrons. The van der Waals surface area contributed by atoms with Crippen LogP contribution in [0.5, 0.6) is 0 Å². The molecule has 23 heavy (non-hydrogen) atoms. The van der Waals surface area contributed by atoms with Crippen molar-refractivity contribution in [1.29, 1.82) is 0 Å². The first-order valence-corrected chi connectivity index (χ1v) is 8.68. The van der Waals surface area contributed by atoms with Crippen molar-refractivity contribution in [2.24, 2.45) is 0 Å². The SMILES string of the molecule is CN(C)[C@@H]([C]1[CH][CH][CH][C]1Br)c1ccccc1Br.[CH]1[CH][CH][CH][CH]1.[Fe+2].